The number of halogens is 3. The lowest BCUT2D eigenvalue weighted by Gasteiger charge is -2.43. The van der Waals surface area contributed by atoms with Crippen molar-refractivity contribution in [3.63, 3.8) is 0 Å². The number of allylic oxidation sites excluding steroid dienone is 1. The molecule has 0 unspecified atom stereocenters. The third kappa shape index (κ3) is 3.39. The van der Waals surface area contributed by atoms with Crippen molar-refractivity contribution in [1.82, 2.24) is 5.43 Å². The van der Waals surface area contributed by atoms with Gasteiger partial charge in [-0.15, -0.1) is 0 Å². The molecule has 1 aliphatic carbocycles. The number of alkyl halides is 3. The van der Waals surface area contributed by atoms with Gasteiger partial charge in [0.2, 0.25) is 0 Å². The molecule has 1 fully saturated rings. The van der Waals surface area contributed by atoms with Crippen molar-refractivity contribution in [3.05, 3.63) is 71.3 Å². The summed E-state index contributed by atoms with van der Waals surface area (Å²) in [5, 5.41) is 4.18. The molecule has 1 atom stereocenters. The van der Waals surface area contributed by atoms with Gasteiger partial charge in [0, 0.05) is 48.9 Å². The maximum atomic E-state index is 14.0. The van der Waals surface area contributed by atoms with Gasteiger partial charge in [-0.25, -0.2) is 0 Å². The van der Waals surface area contributed by atoms with Crippen LogP contribution in [0.4, 0.5) is 18.9 Å². The molecule has 1 saturated heterocycles. The lowest BCUT2D eigenvalue weighted by Crippen LogP contribution is -2.44. The first-order valence-electron chi connectivity index (χ1n) is 11.1. The second-order valence-electron chi connectivity index (χ2n) is 9.10. The minimum atomic E-state index is -4.46. The molecule has 0 bridgehead atoms. The third-order valence-electron chi connectivity index (χ3n) is 7.38. The number of fused-ring (bicyclic) bond motifs is 1. The topological polar surface area (TPSA) is 53.7 Å². The molecule has 168 valence electrons. The largest absolute Gasteiger partial charge is 0.417 e. The summed E-state index contributed by atoms with van der Waals surface area (Å²) in [6.07, 6.45) is -1.28. The first-order chi connectivity index (χ1) is 15.3. The van der Waals surface area contributed by atoms with Crippen LogP contribution in [-0.2, 0) is 12.6 Å². The van der Waals surface area contributed by atoms with Gasteiger partial charge in [-0.3, -0.25) is 0 Å². The van der Waals surface area contributed by atoms with Gasteiger partial charge < -0.3 is 16.1 Å². The van der Waals surface area contributed by atoms with Gasteiger partial charge in [0.25, 0.3) is 0 Å². The van der Waals surface area contributed by atoms with Gasteiger partial charge in [-0.05, 0) is 47.9 Å². The van der Waals surface area contributed by atoms with Gasteiger partial charge in [-0.1, -0.05) is 36.9 Å². The highest BCUT2D eigenvalue weighted by atomic mass is 19.4. The van der Waals surface area contributed by atoms with Crippen molar-refractivity contribution in [2.45, 2.75) is 37.9 Å². The smallest absolute Gasteiger partial charge is 0.371 e. The number of rotatable bonds is 3. The Labute approximate surface area is 186 Å². The van der Waals surface area contributed by atoms with Crippen LogP contribution in [0.1, 0.15) is 47.6 Å². The normalized spacial score (nSPS) is 21.9. The van der Waals surface area contributed by atoms with E-state index in [1.165, 1.54) is 17.2 Å². The minimum absolute atomic E-state index is 0.0293. The van der Waals surface area contributed by atoms with Crippen LogP contribution in [0.3, 0.4) is 0 Å². The molecule has 1 spiro atoms. The number of nitrogens with one attached hydrogen (secondary N) is 1. The summed E-state index contributed by atoms with van der Waals surface area (Å²) in [7, 11) is 0. The fraction of sp³-hybridized carbons (Fsp3) is 0.400. The van der Waals surface area contributed by atoms with E-state index < -0.39 is 11.7 Å². The number of hydrogen-bond acceptors (Lipinski definition) is 4. The van der Waals surface area contributed by atoms with E-state index in [1.54, 1.807) is 6.07 Å². The highest BCUT2D eigenvalue weighted by Gasteiger charge is 2.46. The number of hydrazone groups is 1. The Morgan fingerprint density at radius 1 is 1.12 bits per heavy atom. The predicted octanol–water partition coefficient (Wildman–Crippen LogP) is 4.91. The molecule has 4 nitrogen and oxygen atoms in total. The molecule has 0 aromatic heterocycles. The first-order valence-corrected chi connectivity index (χ1v) is 11.1. The van der Waals surface area contributed by atoms with E-state index in [9.17, 15) is 13.2 Å². The highest BCUT2D eigenvalue weighted by Crippen LogP contribution is 2.51. The first kappa shape index (κ1) is 21.1. The Balaban J connectivity index is 1.46. The second kappa shape index (κ2) is 7.66. The number of anilines is 1. The van der Waals surface area contributed by atoms with Crippen LogP contribution in [0.2, 0.25) is 0 Å². The fourth-order valence-corrected chi connectivity index (χ4v) is 5.60. The molecule has 5 rings (SSSR count). The van der Waals surface area contributed by atoms with E-state index in [1.807, 2.05) is 12.1 Å². The van der Waals surface area contributed by atoms with Crippen LogP contribution < -0.4 is 16.1 Å². The third-order valence-corrected chi connectivity index (χ3v) is 7.38. The van der Waals surface area contributed by atoms with Crippen LogP contribution >= 0.6 is 0 Å². The Kier molecular flexibility index (Phi) is 5.04. The summed E-state index contributed by atoms with van der Waals surface area (Å²) in [6, 6.07) is 12.7. The second-order valence-corrected chi connectivity index (χ2v) is 9.10. The van der Waals surface area contributed by atoms with Crippen molar-refractivity contribution < 1.29 is 13.2 Å². The van der Waals surface area contributed by atoms with Crippen LogP contribution in [0, 0.1) is 5.41 Å². The zero-order valence-corrected chi connectivity index (χ0v) is 17.9. The van der Waals surface area contributed by atoms with Crippen molar-refractivity contribution in [2.75, 3.05) is 24.5 Å². The van der Waals surface area contributed by atoms with E-state index >= 15 is 0 Å². The van der Waals surface area contributed by atoms with E-state index in [0.29, 0.717) is 43.0 Å². The quantitative estimate of drug-likeness (QED) is 0.713. The van der Waals surface area contributed by atoms with Crippen molar-refractivity contribution in [3.8, 4) is 0 Å². The molecule has 3 N–H and O–H groups in total. The molecule has 0 radical (unpaired) electrons. The van der Waals surface area contributed by atoms with Crippen molar-refractivity contribution in [2.24, 2.45) is 16.3 Å². The molecular weight excluding hydrogens is 413 g/mol. The molecule has 3 aliphatic rings. The molecule has 0 saturated carbocycles. The molecular formula is C25H27F3N4. The minimum Gasteiger partial charge on any atom is -0.371 e. The maximum Gasteiger partial charge on any atom is 0.417 e. The average molecular weight is 441 g/mol. The summed E-state index contributed by atoms with van der Waals surface area (Å²) in [5.41, 5.74) is 13.0. The van der Waals surface area contributed by atoms with E-state index in [2.05, 4.69) is 34.1 Å². The number of hydrogen-bond donors (Lipinski definition) is 2. The van der Waals surface area contributed by atoms with E-state index in [4.69, 9.17) is 5.73 Å². The molecule has 7 heteroatoms. The molecule has 32 heavy (non-hydrogen) atoms. The predicted molar refractivity (Wildman–Crippen MR) is 121 cm³/mol. The molecule has 2 aromatic carbocycles. The fourth-order valence-electron chi connectivity index (χ4n) is 5.60. The number of piperidine rings is 1. The number of benzene rings is 2. The summed E-state index contributed by atoms with van der Waals surface area (Å²) in [5.74, 6) is 0. The Hall–Kier alpha value is -2.80. The average Bonchev–Trinajstić information content (AvgIpc) is 3.41. The Bertz CT molecular complexity index is 1080. The number of nitrogens with zero attached hydrogens (tertiary/aromatic N) is 2. The van der Waals surface area contributed by atoms with Gasteiger partial charge in [0.1, 0.15) is 0 Å². The van der Waals surface area contributed by atoms with E-state index in [-0.39, 0.29) is 17.0 Å². The van der Waals surface area contributed by atoms with Crippen molar-refractivity contribution in [1.29, 1.82) is 0 Å². The Morgan fingerprint density at radius 2 is 1.88 bits per heavy atom. The van der Waals surface area contributed by atoms with Crippen LogP contribution in [-0.4, -0.2) is 25.3 Å². The lowest BCUT2D eigenvalue weighted by molar-refractivity contribution is -0.137. The summed E-state index contributed by atoms with van der Waals surface area (Å²) >= 11 is 0. The molecule has 0 amide bonds. The van der Waals surface area contributed by atoms with E-state index in [0.717, 1.165) is 25.3 Å². The number of nitrogens with two attached hydrogens (primary N) is 1. The van der Waals surface area contributed by atoms with Gasteiger partial charge in [-0.2, -0.15) is 18.3 Å². The summed E-state index contributed by atoms with van der Waals surface area (Å²) in [4.78, 5) is 2.07. The summed E-state index contributed by atoms with van der Waals surface area (Å²) < 4.78 is 41.9. The van der Waals surface area contributed by atoms with Crippen LogP contribution in [0.25, 0.3) is 5.57 Å². The molecule has 2 aliphatic heterocycles. The SMILES string of the molecule is C=C(C1=NNCC1)c1c(N2CCC3(CC2)Cc2ccccc2[C@H]3N)cccc1C(F)(F)F. The Morgan fingerprint density at radius 3 is 2.53 bits per heavy atom. The molecule has 2 heterocycles. The van der Waals surface area contributed by atoms with Crippen LogP contribution in [0.5, 0.6) is 0 Å². The van der Waals surface area contributed by atoms with Gasteiger partial charge in [0.05, 0.1) is 11.3 Å². The molecule has 2 aromatic rings. The summed E-state index contributed by atoms with van der Waals surface area (Å²) in [6.45, 7) is 5.96. The lowest BCUT2D eigenvalue weighted by atomic mass is 9.73. The standard InChI is InChI=1S/C25H27F3N4/c1-16(20-9-12-30-31-20)22-19(25(26,27)28)7-4-8-21(22)32-13-10-24(11-14-32)15-17-5-2-3-6-18(17)23(24)29/h2-8,23,30H,1,9-15,29H2/t23-/m1/s1. The zero-order chi connectivity index (χ0) is 22.5. The zero-order valence-electron chi connectivity index (χ0n) is 17.9. The maximum absolute atomic E-state index is 14.0. The van der Waals surface area contributed by atoms with Gasteiger partial charge >= 0.3 is 6.18 Å². The van der Waals surface area contributed by atoms with Crippen molar-refractivity contribution >= 4 is 17.0 Å². The monoisotopic (exact) mass is 440 g/mol. The van der Waals surface area contributed by atoms with Crippen LogP contribution in [0.15, 0.2) is 54.1 Å². The highest BCUT2D eigenvalue weighted by molar-refractivity contribution is 6.25. The van der Waals surface area contributed by atoms with Gasteiger partial charge in [0.15, 0.2) is 0 Å².